The molecular formula is C17H21N3O5S2. The molecule has 2 aliphatic rings. The van der Waals surface area contributed by atoms with Crippen LogP contribution < -0.4 is 14.2 Å². The molecule has 8 nitrogen and oxygen atoms in total. The molecular weight excluding hydrogens is 390 g/mol. The van der Waals surface area contributed by atoms with Gasteiger partial charge in [0.25, 0.3) is 0 Å². The van der Waals surface area contributed by atoms with Crippen LogP contribution in [0.15, 0.2) is 16.3 Å². The summed E-state index contributed by atoms with van der Waals surface area (Å²) in [6.45, 7) is 2.60. The second-order valence-corrected chi connectivity index (χ2v) is 9.79. The molecule has 2 aliphatic heterocycles. The Balaban J connectivity index is 1.52. The number of likely N-dealkylation sites (tertiary alicyclic amines) is 1. The van der Waals surface area contributed by atoms with Gasteiger partial charge in [-0.2, -0.15) is 0 Å². The average molecular weight is 412 g/mol. The molecule has 10 heteroatoms. The van der Waals surface area contributed by atoms with Crippen molar-refractivity contribution in [3.05, 3.63) is 23.4 Å². The SMILES string of the molecule is COc1cc(CN2CCCC(c3nnsc3S(C)(=O)=O)C2)cc2c1OCO2. The number of methoxy groups -OCH3 is 1. The lowest BCUT2D eigenvalue weighted by Crippen LogP contribution is -2.34. The van der Waals surface area contributed by atoms with Crippen molar-refractivity contribution in [2.24, 2.45) is 0 Å². The minimum absolute atomic E-state index is 0.0677. The van der Waals surface area contributed by atoms with Gasteiger partial charge in [-0.05, 0) is 37.1 Å². The molecule has 27 heavy (non-hydrogen) atoms. The number of nitrogens with zero attached hydrogens (tertiary/aromatic N) is 3. The molecule has 1 aromatic heterocycles. The first-order valence-corrected chi connectivity index (χ1v) is 11.3. The maximum absolute atomic E-state index is 12.0. The molecule has 0 bridgehead atoms. The summed E-state index contributed by atoms with van der Waals surface area (Å²) < 4.78 is 44.5. The van der Waals surface area contributed by atoms with E-state index in [1.807, 2.05) is 12.1 Å². The fraction of sp³-hybridized carbons (Fsp3) is 0.529. The number of piperidine rings is 1. The number of aromatic nitrogens is 2. The van der Waals surface area contributed by atoms with Gasteiger partial charge in [-0.25, -0.2) is 8.42 Å². The summed E-state index contributed by atoms with van der Waals surface area (Å²) in [7, 11) is -1.69. The Bertz CT molecular complexity index is 944. The van der Waals surface area contributed by atoms with Gasteiger partial charge in [-0.15, -0.1) is 5.10 Å². The Morgan fingerprint density at radius 2 is 2.22 bits per heavy atom. The molecule has 0 radical (unpaired) electrons. The molecule has 0 saturated carbocycles. The molecule has 4 rings (SSSR count). The molecule has 1 unspecified atom stereocenters. The predicted octanol–water partition coefficient (Wildman–Crippen LogP) is 2.06. The predicted molar refractivity (Wildman–Crippen MR) is 99.4 cm³/mol. The summed E-state index contributed by atoms with van der Waals surface area (Å²) in [5, 5.41) is 4.13. The quantitative estimate of drug-likeness (QED) is 0.738. The van der Waals surface area contributed by atoms with Gasteiger partial charge in [0.15, 0.2) is 25.5 Å². The zero-order valence-corrected chi connectivity index (χ0v) is 16.8. The summed E-state index contributed by atoms with van der Waals surface area (Å²) in [6, 6.07) is 3.93. The maximum Gasteiger partial charge on any atom is 0.231 e. The van der Waals surface area contributed by atoms with Crippen LogP contribution in [-0.2, 0) is 16.4 Å². The minimum Gasteiger partial charge on any atom is -0.493 e. The lowest BCUT2D eigenvalue weighted by Gasteiger charge is -2.32. The van der Waals surface area contributed by atoms with E-state index in [0.717, 1.165) is 49.6 Å². The smallest absolute Gasteiger partial charge is 0.231 e. The molecule has 0 amide bonds. The Labute approximate surface area is 162 Å². The van der Waals surface area contributed by atoms with Gasteiger partial charge in [0.2, 0.25) is 12.5 Å². The van der Waals surface area contributed by atoms with Crippen molar-refractivity contribution in [2.45, 2.75) is 29.5 Å². The van der Waals surface area contributed by atoms with Crippen molar-refractivity contribution in [1.29, 1.82) is 0 Å². The van der Waals surface area contributed by atoms with E-state index in [9.17, 15) is 8.42 Å². The highest BCUT2D eigenvalue weighted by Crippen LogP contribution is 2.42. The molecule has 146 valence electrons. The van der Waals surface area contributed by atoms with Crippen molar-refractivity contribution in [3.8, 4) is 17.2 Å². The molecule has 2 aromatic rings. The number of ether oxygens (including phenoxy) is 3. The third-order valence-electron chi connectivity index (χ3n) is 4.83. The fourth-order valence-electron chi connectivity index (χ4n) is 3.65. The highest BCUT2D eigenvalue weighted by Gasteiger charge is 2.30. The summed E-state index contributed by atoms with van der Waals surface area (Å²) >= 11 is 0.959. The summed E-state index contributed by atoms with van der Waals surface area (Å²) in [6.07, 6.45) is 3.10. The standard InChI is InChI=1S/C17H21N3O5S2/c1-23-13-6-11(7-14-16(13)25-10-24-14)8-20-5-3-4-12(9-20)15-17(26-19-18-15)27(2,21)22/h6-7,12H,3-5,8-10H2,1-2H3. The van der Waals surface area contributed by atoms with Crippen LogP contribution in [0.4, 0.5) is 0 Å². The topological polar surface area (TPSA) is 90.9 Å². The number of benzene rings is 1. The summed E-state index contributed by atoms with van der Waals surface area (Å²) in [5.74, 6) is 2.07. The van der Waals surface area contributed by atoms with Crippen molar-refractivity contribution >= 4 is 21.4 Å². The summed E-state index contributed by atoms with van der Waals surface area (Å²) in [5.41, 5.74) is 1.67. The first kappa shape index (κ1) is 18.5. The molecule has 1 saturated heterocycles. The van der Waals surface area contributed by atoms with Crippen molar-refractivity contribution in [2.75, 3.05) is 33.2 Å². The Kier molecular flexibility index (Phi) is 4.95. The first-order valence-electron chi connectivity index (χ1n) is 8.67. The van der Waals surface area contributed by atoms with Crippen LogP contribution in [0.3, 0.4) is 0 Å². The molecule has 0 spiro atoms. The van der Waals surface area contributed by atoms with Crippen LogP contribution in [0.2, 0.25) is 0 Å². The lowest BCUT2D eigenvalue weighted by atomic mass is 9.95. The minimum atomic E-state index is -3.30. The van der Waals surface area contributed by atoms with E-state index in [0.29, 0.717) is 27.2 Å². The fourth-order valence-corrected chi connectivity index (χ4v) is 5.38. The van der Waals surface area contributed by atoms with Gasteiger partial charge in [0.05, 0.1) is 12.8 Å². The van der Waals surface area contributed by atoms with Crippen LogP contribution in [0.25, 0.3) is 0 Å². The number of hydrogen-bond acceptors (Lipinski definition) is 9. The van der Waals surface area contributed by atoms with Gasteiger partial charge in [-0.1, -0.05) is 4.49 Å². The zero-order valence-electron chi connectivity index (χ0n) is 15.2. The van der Waals surface area contributed by atoms with Crippen molar-refractivity contribution in [1.82, 2.24) is 14.5 Å². The Morgan fingerprint density at radius 1 is 1.37 bits per heavy atom. The largest absolute Gasteiger partial charge is 0.493 e. The second-order valence-electron chi connectivity index (χ2n) is 6.82. The van der Waals surface area contributed by atoms with E-state index in [1.54, 1.807) is 7.11 Å². The molecule has 3 heterocycles. The molecule has 1 aromatic carbocycles. The third kappa shape index (κ3) is 3.74. The van der Waals surface area contributed by atoms with Crippen LogP contribution in [0.1, 0.15) is 30.0 Å². The van der Waals surface area contributed by atoms with E-state index in [1.165, 1.54) is 6.26 Å². The van der Waals surface area contributed by atoms with Gasteiger partial charge in [-0.3, -0.25) is 4.90 Å². The van der Waals surface area contributed by atoms with Gasteiger partial charge in [0, 0.05) is 36.8 Å². The van der Waals surface area contributed by atoms with Gasteiger partial charge >= 0.3 is 0 Å². The number of fused-ring (bicyclic) bond motifs is 1. The average Bonchev–Trinajstić information content (AvgIpc) is 3.30. The number of sulfone groups is 1. The zero-order chi connectivity index (χ0) is 19.0. The van der Waals surface area contributed by atoms with E-state index >= 15 is 0 Å². The highest BCUT2D eigenvalue weighted by atomic mass is 32.2. The number of hydrogen-bond donors (Lipinski definition) is 0. The van der Waals surface area contributed by atoms with Crippen molar-refractivity contribution < 1.29 is 22.6 Å². The van der Waals surface area contributed by atoms with E-state index in [4.69, 9.17) is 14.2 Å². The van der Waals surface area contributed by atoms with Gasteiger partial charge in [0.1, 0.15) is 0 Å². The summed E-state index contributed by atoms with van der Waals surface area (Å²) in [4.78, 5) is 2.30. The Morgan fingerprint density at radius 3 is 3.00 bits per heavy atom. The molecule has 1 fully saturated rings. The van der Waals surface area contributed by atoms with E-state index in [2.05, 4.69) is 14.5 Å². The molecule has 0 aliphatic carbocycles. The van der Waals surface area contributed by atoms with Crippen LogP contribution >= 0.6 is 11.5 Å². The molecule has 0 N–H and O–H groups in total. The normalized spacial score (nSPS) is 20.0. The van der Waals surface area contributed by atoms with Gasteiger partial charge < -0.3 is 14.2 Å². The monoisotopic (exact) mass is 411 g/mol. The maximum atomic E-state index is 12.0. The van der Waals surface area contributed by atoms with E-state index < -0.39 is 9.84 Å². The molecule has 1 atom stereocenters. The van der Waals surface area contributed by atoms with E-state index in [-0.39, 0.29) is 12.7 Å². The lowest BCUT2D eigenvalue weighted by molar-refractivity contribution is 0.171. The number of rotatable bonds is 5. The highest BCUT2D eigenvalue weighted by molar-refractivity contribution is 7.92. The van der Waals surface area contributed by atoms with Crippen molar-refractivity contribution in [3.63, 3.8) is 0 Å². The van der Waals surface area contributed by atoms with Crippen LogP contribution in [-0.4, -0.2) is 56.2 Å². The first-order chi connectivity index (χ1) is 13.0. The second kappa shape index (κ2) is 7.25. The van der Waals surface area contributed by atoms with Crippen LogP contribution in [0.5, 0.6) is 17.2 Å². The third-order valence-corrected chi connectivity index (χ3v) is 7.39. The Hall–Kier alpha value is -1.91. The van der Waals surface area contributed by atoms with Crippen LogP contribution in [0, 0.1) is 0 Å².